The average molecular weight is 290 g/mol. The number of benzene rings is 1. The normalized spacial score (nSPS) is 13.5. The number of hydrogen-bond donors (Lipinski definition) is 0. The summed E-state index contributed by atoms with van der Waals surface area (Å²) in [6.45, 7) is 0. The molecule has 0 saturated heterocycles. The maximum atomic E-state index is 5.73. The van der Waals surface area contributed by atoms with Crippen molar-refractivity contribution in [1.29, 1.82) is 0 Å². The van der Waals surface area contributed by atoms with E-state index in [1.807, 2.05) is 18.2 Å². The van der Waals surface area contributed by atoms with Gasteiger partial charge in [-0.15, -0.1) is 0 Å². The van der Waals surface area contributed by atoms with Gasteiger partial charge in [-0.1, -0.05) is 6.07 Å². The lowest BCUT2D eigenvalue weighted by Crippen LogP contribution is -1.89. The van der Waals surface area contributed by atoms with Crippen molar-refractivity contribution in [2.45, 2.75) is 19.3 Å². The number of rotatable bonds is 2. The minimum Gasteiger partial charge on any atom is -0.439 e. The Kier molecular flexibility index (Phi) is 2.85. The lowest BCUT2D eigenvalue weighted by atomic mass is 10.1. The van der Waals surface area contributed by atoms with Crippen LogP contribution >= 0.6 is 15.9 Å². The van der Waals surface area contributed by atoms with Gasteiger partial charge in [-0.05, 0) is 64.5 Å². The lowest BCUT2D eigenvalue weighted by Gasteiger charge is -2.06. The number of nitrogens with zero attached hydrogens (tertiary/aromatic N) is 1. The molecule has 2 nitrogen and oxygen atoms in total. The molecule has 1 aliphatic carbocycles. The van der Waals surface area contributed by atoms with Crippen molar-refractivity contribution in [3.63, 3.8) is 0 Å². The molecule has 0 bridgehead atoms. The zero-order valence-electron chi connectivity index (χ0n) is 9.32. The summed E-state index contributed by atoms with van der Waals surface area (Å²) in [7, 11) is 0. The third kappa shape index (κ3) is 2.34. The molecule has 2 aromatic rings. The Morgan fingerprint density at radius 3 is 2.76 bits per heavy atom. The van der Waals surface area contributed by atoms with Crippen LogP contribution in [0.1, 0.15) is 17.5 Å². The van der Waals surface area contributed by atoms with E-state index < -0.39 is 0 Å². The molecule has 17 heavy (non-hydrogen) atoms. The first kappa shape index (κ1) is 10.8. The van der Waals surface area contributed by atoms with E-state index in [0.717, 1.165) is 10.2 Å². The minimum absolute atomic E-state index is 0.631. The number of halogens is 1. The van der Waals surface area contributed by atoms with Crippen molar-refractivity contribution in [2.24, 2.45) is 0 Å². The van der Waals surface area contributed by atoms with Gasteiger partial charge in [0.2, 0.25) is 5.88 Å². The molecule has 1 heterocycles. The first-order chi connectivity index (χ1) is 8.31. The third-order valence-electron chi connectivity index (χ3n) is 2.99. The molecule has 1 aliphatic rings. The summed E-state index contributed by atoms with van der Waals surface area (Å²) in [5.41, 5.74) is 2.88. The smallest absolute Gasteiger partial charge is 0.219 e. The van der Waals surface area contributed by atoms with Crippen LogP contribution in [0.5, 0.6) is 11.6 Å². The monoisotopic (exact) mass is 289 g/mol. The molecule has 0 aliphatic heterocycles. The number of pyridine rings is 1. The van der Waals surface area contributed by atoms with Crippen LogP contribution in [-0.2, 0) is 12.8 Å². The second-order valence-corrected chi connectivity index (χ2v) is 5.12. The summed E-state index contributed by atoms with van der Waals surface area (Å²) < 4.78 is 6.68. The Labute approximate surface area is 109 Å². The summed E-state index contributed by atoms with van der Waals surface area (Å²) in [6.07, 6.45) is 5.37. The molecule has 86 valence electrons. The predicted molar refractivity (Wildman–Crippen MR) is 70.5 cm³/mol. The number of aromatic nitrogens is 1. The van der Waals surface area contributed by atoms with Crippen molar-refractivity contribution in [2.75, 3.05) is 0 Å². The molecule has 0 radical (unpaired) electrons. The molecule has 0 N–H and O–H groups in total. The van der Waals surface area contributed by atoms with Crippen molar-refractivity contribution < 1.29 is 4.74 Å². The van der Waals surface area contributed by atoms with Gasteiger partial charge in [-0.2, -0.15) is 0 Å². The summed E-state index contributed by atoms with van der Waals surface area (Å²) in [6, 6.07) is 10.1. The van der Waals surface area contributed by atoms with E-state index in [1.54, 1.807) is 6.20 Å². The maximum absolute atomic E-state index is 5.73. The van der Waals surface area contributed by atoms with Gasteiger partial charge in [0.15, 0.2) is 0 Å². The highest BCUT2D eigenvalue weighted by atomic mass is 79.9. The molecule has 3 heteroatoms. The van der Waals surface area contributed by atoms with Gasteiger partial charge in [0.05, 0.1) is 0 Å². The molecule has 1 aromatic carbocycles. The Hall–Kier alpha value is -1.35. The maximum Gasteiger partial charge on any atom is 0.219 e. The molecule has 0 saturated carbocycles. The Morgan fingerprint density at radius 1 is 1.06 bits per heavy atom. The summed E-state index contributed by atoms with van der Waals surface area (Å²) in [5, 5.41) is 0. The largest absolute Gasteiger partial charge is 0.439 e. The number of aryl methyl sites for hydroxylation is 2. The summed E-state index contributed by atoms with van der Waals surface area (Å²) in [5.74, 6) is 1.51. The Balaban J connectivity index is 1.83. The van der Waals surface area contributed by atoms with Crippen molar-refractivity contribution in [1.82, 2.24) is 4.98 Å². The van der Waals surface area contributed by atoms with Crippen LogP contribution in [0, 0.1) is 0 Å². The van der Waals surface area contributed by atoms with E-state index in [4.69, 9.17) is 4.74 Å². The van der Waals surface area contributed by atoms with Crippen molar-refractivity contribution in [3.8, 4) is 11.6 Å². The molecule has 0 amide bonds. The van der Waals surface area contributed by atoms with Gasteiger partial charge in [0, 0.05) is 16.7 Å². The molecule has 0 atom stereocenters. The van der Waals surface area contributed by atoms with Gasteiger partial charge in [0.25, 0.3) is 0 Å². The SMILES string of the molecule is Brc1ccc(Oc2ccc3c(c2)CCC3)nc1. The van der Waals surface area contributed by atoms with Crippen LogP contribution in [0.15, 0.2) is 41.0 Å². The van der Waals surface area contributed by atoms with Gasteiger partial charge in [-0.3, -0.25) is 0 Å². The van der Waals surface area contributed by atoms with Crippen LogP contribution in [-0.4, -0.2) is 4.98 Å². The van der Waals surface area contributed by atoms with E-state index in [2.05, 4.69) is 33.0 Å². The third-order valence-corrected chi connectivity index (χ3v) is 3.46. The lowest BCUT2D eigenvalue weighted by molar-refractivity contribution is 0.462. The van der Waals surface area contributed by atoms with E-state index >= 15 is 0 Å². The first-order valence-corrected chi connectivity index (χ1v) is 6.52. The fraction of sp³-hybridized carbons (Fsp3) is 0.214. The molecule has 3 rings (SSSR count). The quantitative estimate of drug-likeness (QED) is 0.829. The van der Waals surface area contributed by atoms with E-state index in [1.165, 1.54) is 30.4 Å². The Bertz CT molecular complexity index is 536. The van der Waals surface area contributed by atoms with Crippen LogP contribution in [0.4, 0.5) is 0 Å². The highest BCUT2D eigenvalue weighted by Crippen LogP contribution is 2.28. The van der Waals surface area contributed by atoms with Crippen molar-refractivity contribution >= 4 is 15.9 Å². The zero-order chi connectivity index (χ0) is 11.7. The zero-order valence-corrected chi connectivity index (χ0v) is 10.9. The molecule has 1 aromatic heterocycles. The van der Waals surface area contributed by atoms with E-state index in [0.29, 0.717) is 5.88 Å². The second-order valence-electron chi connectivity index (χ2n) is 4.20. The highest BCUT2D eigenvalue weighted by molar-refractivity contribution is 9.10. The standard InChI is InChI=1S/C14H12BrNO/c15-12-5-7-14(16-9-12)17-13-6-4-10-2-1-3-11(10)8-13/h4-9H,1-3H2. The fourth-order valence-electron chi connectivity index (χ4n) is 2.16. The van der Waals surface area contributed by atoms with Gasteiger partial charge in [0.1, 0.15) is 5.75 Å². The minimum atomic E-state index is 0.631. The second kappa shape index (κ2) is 4.49. The van der Waals surface area contributed by atoms with E-state index in [9.17, 15) is 0 Å². The number of hydrogen-bond acceptors (Lipinski definition) is 2. The number of ether oxygens (including phenoxy) is 1. The molecule has 0 unspecified atom stereocenters. The van der Waals surface area contributed by atoms with Gasteiger partial charge in [-0.25, -0.2) is 4.98 Å². The molecular weight excluding hydrogens is 278 g/mol. The molecule has 0 spiro atoms. The molecular formula is C14H12BrNO. The van der Waals surface area contributed by atoms with Crippen LogP contribution in [0.25, 0.3) is 0 Å². The van der Waals surface area contributed by atoms with Gasteiger partial charge >= 0.3 is 0 Å². The topological polar surface area (TPSA) is 22.1 Å². The number of fused-ring (bicyclic) bond motifs is 1. The first-order valence-electron chi connectivity index (χ1n) is 5.72. The average Bonchev–Trinajstić information content (AvgIpc) is 2.79. The highest BCUT2D eigenvalue weighted by Gasteiger charge is 2.11. The van der Waals surface area contributed by atoms with Crippen LogP contribution in [0.3, 0.4) is 0 Å². The summed E-state index contributed by atoms with van der Waals surface area (Å²) >= 11 is 3.35. The van der Waals surface area contributed by atoms with Crippen LogP contribution < -0.4 is 4.74 Å². The Morgan fingerprint density at radius 2 is 1.94 bits per heavy atom. The van der Waals surface area contributed by atoms with Gasteiger partial charge < -0.3 is 4.74 Å². The fourth-order valence-corrected chi connectivity index (χ4v) is 2.39. The molecule has 0 fully saturated rings. The predicted octanol–water partition coefficient (Wildman–Crippen LogP) is 4.13. The van der Waals surface area contributed by atoms with Crippen molar-refractivity contribution in [3.05, 3.63) is 52.1 Å². The van der Waals surface area contributed by atoms with Crippen LogP contribution in [0.2, 0.25) is 0 Å². The summed E-state index contributed by atoms with van der Waals surface area (Å²) in [4.78, 5) is 4.20. The van der Waals surface area contributed by atoms with E-state index in [-0.39, 0.29) is 0 Å².